The summed E-state index contributed by atoms with van der Waals surface area (Å²) in [6.45, 7) is 0. The molecule has 0 aromatic carbocycles. The molecule has 0 bridgehead atoms. The molecule has 0 aliphatic heterocycles. The number of nitrogens with zero attached hydrogens (tertiary/aromatic N) is 2. The first-order valence-corrected chi connectivity index (χ1v) is 5.51. The molecular weight excluding hydrogens is 228 g/mol. The summed E-state index contributed by atoms with van der Waals surface area (Å²) in [4.78, 5) is 15.3. The minimum absolute atomic E-state index is 0.299. The van der Waals surface area contributed by atoms with Gasteiger partial charge in [0.15, 0.2) is 0 Å². The SMILES string of the molecule is O=C(O)c1cc2ccccn2c1-c1ccncc1. The molecule has 3 aromatic rings. The molecular formula is C14H10N2O2. The van der Waals surface area contributed by atoms with Gasteiger partial charge in [0.05, 0.1) is 11.3 Å². The van der Waals surface area contributed by atoms with Crippen molar-refractivity contribution in [3.05, 3.63) is 60.6 Å². The zero-order valence-electron chi connectivity index (χ0n) is 9.45. The summed E-state index contributed by atoms with van der Waals surface area (Å²) in [5, 5.41) is 9.30. The molecule has 3 rings (SSSR count). The maximum absolute atomic E-state index is 11.3. The number of pyridine rings is 2. The first kappa shape index (κ1) is 10.5. The number of fused-ring (bicyclic) bond motifs is 1. The Kier molecular flexibility index (Phi) is 2.34. The van der Waals surface area contributed by atoms with Crippen LogP contribution in [0.1, 0.15) is 10.4 Å². The van der Waals surface area contributed by atoms with Gasteiger partial charge < -0.3 is 9.51 Å². The zero-order valence-corrected chi connectivity index (χ0v) is 9.45. The fourth-order valence-corrected chi connectivity index (χ4v) is 2.09. The van der Waals surface area contributed by atoms with Crippen LogP contribution in [0, 0.1) is 0 Å². The lowest BCUT2D eigenvalue weighted by Crippen LogP contribution is -1.98. The number of aromatic carboxylic acids is 1. The lowest BCUT2D eigenvalue weighted by atomic mass is 10.1. The molecule has 18 heavy (non-hydrogen) atoms. The zero-order chi connectivity index (χ0) is 12.5. The van der Waals surface area contributed by atoms with Crippen molar-refractivity contribution in [1.29, 1.82) is 0 Å². The Hall–Kier alpha value is -2.62. The maximum Gasteiger partial charge on any atom is 0.337 e. The van der Waals surface area contributed by atoms with Gasteiger partial charge in [0.1, 0.15) is 0 Å². The summed E-state index contributed by atoms with van der Waals surface area (Å²) in [5.74, 6) is -0.925. The van der Waals surface area contributed by atoms with Gasteiger partial charge in [0, 0.05) is 29.7 Å². The van der Waals surface area contributed by atoms with E-state index in [0.717, 1.165) is 11.1 Å². The second-order valence-corrected chi connectivity index (χ2v) is 3.94. The van der Waals surface area contributed by atoms with Gasteiger partial charge in [-0.15, -0.1) is 0 Å². The molecule has 0 saturated heterocycles. The van der Waals surface area contributed by atoms with E-state index in [0.29, 0.717) is 11.3 Å². The second kappa shape index (κ2) is 4.00. The molecule has 0 spiro atoms. The largest absolute Gasteiger partial charge is 0.478 e. The highest BCUT2D eigenvalue weighted by Gasteiger charge is 2.16. The molecule has 0 unspecified atom stereocenters. The van der Waals surface area contributed by atoms with Crippen molar-refractivity contribution in [2.24, 2.45) is 0 Å². The molecule has 0 aliphatic carbocycles. The van der Waals surface area contributed by atoms with Crippen LogP contribution in [0.2, 0.25) is 0 Å². The lowest BCUT2D eigenvalue weighted by molar-refractivity contribution is 0.0698. The van der Waals surface area contributed by atoms with E-state index in [1.54, 1.807) is 30.6 Å². The van der Waals surface area contributed by atoms with Crippen LogP contribution in [-0.2, 0) is 0 Å². The summed E-state index contributed by atoms with van der Waals surface area (Å²) in [5.41, 5.74) is 2.68. The standard InChI is InChI=1S/C14H10N2O2/c17-14(18)12-9-11-3-1-2-8-16(11)13(12)10-4-6-15-7-5-10/h1-9H,(H,17,18). The third-order valence-electron chi connectivity index (χ3n) is 2.86. The number of aromatic nitrogens is 2. The maximum atomic E-state index is 11.3. The fourth-order valence-electron chi connectivity index (χ4n) is 2.09. The van der Waals surface area contributed by atoms with Crippen LogP contribution < -0.4 is 0 Å². The van der Waals surface area contributed by atoms with E-state index in [4.69, 9.17) is 0 Å². The van der Waals surface area contributed by atoms with Crippen LogP contribution in [0.4, 0.5) is 0 Å². The second-order valence-electron chi connectivity index (χ2n) is 3.94. The predicted octanol–water partition coefficient (Wildman–Crippen LogP) is 2.70. The number of hydrogen-bond donors (Lipinski definition) is 1. The van der Waals surface area contributed by atoms with Crippen molar-refractivity contribution in [3.8, 4) is 11.3 Å². The molecule has 3 aromatic heterocycles. The van der Waals surface area contributed by atoms with Crippen molar-refractivity contribution in [2.45, 2.75) is 0 Å². The molecule has 0 radical (unpaired) electrons. The molecule has 4 nitrogen and oxygen atoms in total. The van der Waals surface area contributed by atoms with E-state index in [-0.39, 0.29) is 0 Å². The summed E-state index contributed by atoms with van der Waals surface area (Å²) >= 11 is 0. The molecule has 4 heteroatoms. The Morgan fingerprint density at radius 3 is 2.67 bits per heavy atom. The molecule has 1 N–H and O–H groups in total. The number of rotatable bonds is 2. The number of carboxylic acids is 1. The van der Waals surface area contributed by atoms with Gasteiger partial charge in [-0.25, -0.2) is 4.79 Å². The number of carbonyl (C=O) groups is 1. The van der Waals surface area contributed by atoms with Gasteiger partial charge in [-0.1, -0.05) is 6.07 Å². The van der Waals surface area contributed by atoms with Gasteiger partial charge in [0.25, 0.3) is 0 Å². The minimum Gasteiger partial charge on any atom is -0.478 e. The summed E-state index contributed by atoms with van der Waals surface area (Å²) in [6, 6.07) is 10.9. The molecule has 0 amide bonds. The molecule has 0 saturated carbocycles. The third kappa shape index (κ3) is 1.55. The normalized spacial score (nSPS) is 10.7. The Bertz CT molecular complexity index is 717. The van der Waals surface area contributed by atoms with Crippen molar-refractivity contribution in [1.82, 2.24) is 9.38 Å². The van der Waals surface area contributed by atoms with Crippen molar-refractivity contribution in [3.63, 3.8) is 0 Å². The monoisotopic (exact) mass is 238 g/mol. The predicted molar refractivity (Wildman–Crippen MR) is 67.6 cm³/mol. The van der Waals surface area contributed by atoms with Crippen molar-refractivity contribution >= 4 is 11.5 Å². The Morgan fingerprint density at radius 1 is 1.17 bits per heavy atom. The highest BCUT2D eigenvalue weighted by Crippen LogP contribution is 2.27. The van der Waals surface area contributed by atoms with Crippen LogP contribution >= 0.6 is 0 Å². The van der Waals surface area contributed by atoms with E-state index in [1.807, 2.05) is 28.8 Å². The Labute approximate surface area is 103 Å². The van der Waals surface area contributed by atoms with Crippen molar-refractivity contribution in [2.75, 3.05) is 0 Å². The van der Waals surface area contributed by atoms with Crippen LogP contribution in [-0.4, -0.2) is 20.5 Å². The van der Waals surface area contributed by atoms with E-state index in [2.05, 4.69) is 4.98 Å². The number of hydrogen-bond acceptors (Lipinski definition) is 2. The summed E-state index contributed by atoms with van der Waals surface area (Å²) in [6.07, 6.45) is 5.17. The average Bonchev–Trinajstić information content (AvgIpc) is 2.79. The molecule has 0 atom stereocenters. The number of carboxylic acid groups (broad SMARTS) is 1. The van der Waals surface area contributed by atoms with E-state index < -0.39 is 5.97 Å². The van der Waals surface area contributed by atoms with Crippen molar-refractivity contribution < 1.29 is 9.90 Å². The van der Waals surface area contributed by atoms with Crippen LogP contribution in [0.15, 0.2) is 55.0 Å². The smallest absolute Gasteiger partial charge is 0.337 e. The van der Waals surface area contributed by atoms with Crippen LogP contribution in [0.5, 0.6) is 0 Å². The average molecular weight is 238 g/mol. The fraction of sp³-hybridized carbons (Fsp3) is 0. The molecule has 88 valence electrons. The first-order valence-electron chi connectivity index (χ1n) is 5.51. The summed E-state index contributed by atoms with van der Waals surface area (Å²) < 4.78 is 1.87. The van der Waals surface area contributed by atoms with Gasteiger partial charge in [-0.2, -0.15) is 0 Å². The Morgan fingerprint density at radius 2 is 1.94 bits per heavy atom. The topological polar surface area (TPSA) is 54.6 Å². The lowest BCUT2D eigenvalue weighted by Gasteiger charge is -2.04. The van der Waals surface area contributed by atoms with Gasteiger partial charge in [0.2, 0.25) is 0 Å². The molecule has 3 heterocycles. The van der Waals surface area contributed by atoms with E-state index in [9.17, 15) is 9.90 Å². The third-order valence-corrected chi connectivity index (χ3v) is 2.86. The molecule has 0 fully saturated rings. The van der Waals surface area contributed by atoms with E-state index >= 15 is 0 Å². The van der Waals surface area contributed by atoms with Gasteiger partial charge in [-0.05, 0) is 30.3 Å². The van der Waals surface area contributed by atoms with Crippen LogP contribution in [0.3, 0.4) is 0 Å². The highest BCUT2D eigenvalue weighted by molar-refractivity contribution is 5.97. The summed E-state index contributed by atoms with van der Waals surface area (Å²) in [7, 11) is 0. The van der Waals surface area contributed by atoms with Gasteiger partial charge >= 0.3 is 5.97 Å². The van der Waals surface area contributed by atoms with E-state index in [1.165, 1.54) is 0 Å². The van der Waals surface area contributed by atoms with Gasteiger partial charge in [-0.3, -0.25) is 4.98 Å². The first-order chi connectivity index (χ1) is 8.77. The van der Waals surface area contributed by atoms with Crippen LogP contribution in [0.25, 0.3) is 16.8 Å². The molecule has 0 aliphatic rings. The Balaban J connectivity index is 2.38. The quantitative estimate of drug-likeness (QED) is 0.746. The highest BCUT2D eigenvalue weighted by atomic mass is 16.4. The minimum atomic E-state index is -0.925.